The standard InChI is InChI=1S/C6H14O3.2C6H10O2.CH2O2/c1-2-6(3-7,4-8)5-9;2*7-6(8)5-3-1-2-4-5;2-1-3/h7-9H,2-5H2,1H3;2*5H,1-4H2,(H,7,8);1H,(H,2,3). The highest BCUT2D eigenvalue weighted by atomic mass is 16.4. The van der Waals surface area contributed by atoms with E-state index < -0.39 is 17.4 Å². The number of hydrogen-bond donors (Lipinski definition) is 6. The molecule has 0 aromatic heterocycles. The van der Waals surface area contributed by atoms with Crippen LogP contribution in [0.1, 0.15) is 64.7 Å². The number of aliphatic hydroxyl groups is 3. The smallest absolute Gasteiger partial charge is 0.306 e. The van der Waals surface area contributed by atoms with E-state index in [1.54, 1.807) is 0 Å². The van der Waals surface area contributed by atoms with E-state index in [1.807, 2.05) is 6.92 Å². The first-order valence-electron chi connectivity index (χ1n) is 9.63. The molecule has 0 heterocycles. The summed E-state index contributed by atoms with van der Waals surface area (Å²) in [4.78, 5) is 28.8. The lowest BCUT2D eigenvalue weighted by atomic mass is 9.88. The van der Waals surface area contributed by atoms with Crippen molar-refractivity contribution in [1.29, 1.82) is 0 Å². The Hall–Kier alpha value is -1.71. The first-order valence-corrected chi connectivity index (χ1v) is 9.63. The van der Waals surface area contributed by atoms with Gasteiger partial charge in [0.25, 0.3) is 6.47 Å². The van der Waals surface area contributed by atoms with Gasteiger partial charge in [0.15, 0.2) is 0 Å². The maximum absolute atomic E-state index is 10.2. The Morgan fingerprint density at radius 1 is 0.821 bits per heavy atom. The van der Waals surface area contributed by atoms with Crippen molar-refractivity contribution in [1.82, 2.24) is 0 Å². The van der Waals surface area contributed by atoms with Gasteiger partial charge in [0, 0.05) is 5.41 Å². The van der Waals surface area contributed by atoms with Gasteiger partial charge in [-0.15, -0.1) is 0 Å². The molecule has 2 rings (SSSR count). The molecule has 0 aromatic rings. The number of carboxylic acids is 2. The summed E-state index contributed by atoms with van der Waals surface area (Å²) in [5, 5.41) is 49.7. The van der Waals surface area contributed by atoms with Crippen molar-refractivity contribution in [2.75, 3.05) is 19.8 Å². The van der Waals surface area contributed by atoms with E-state index in [0.29, 0.717) is 6.42 Å². The zero-order chi connectivity index (χ0) is 22.0. The lowest BCUT2D eigenvalue weighted by Gasteiger charge is -2.24. The highest BCUT2D eigenvalue weighted by molar-refractivity contribution is 5.70. The van der Waals surface area contributed by atoms with Crippen LogP contribution in [0.15, 0.2) is 0 Å². The summed E-state index contributed by atoms with van der Waals surface area (Å²) in [5.41, 5.74) is -0.667. The molecule has 166 valence electrons. The molecule has 0 aliphatic heterocycles. The van der Waals surface area contributed by atoms with Gasteiger partial charge < -0.3 is 30.6 Å². The Kier molecular flexibility index (Phi) is 17.7. The summed E-state index contributed by atoms with van der Waals surface area (Å²) in [6, 6.07) is 0. The third-order valence-corrected chi connectivity index (χ3v) is 5.17. The van der Waals surface area contributed by atoms with Crippen LogP contribution in [0.4, 0.5) is 0 Å². The third kappa shape index (κ3) is 12.6. The average Bonchev–Trinajstić information content (AvgIpc) is 3.40. The van der Waals surface area contributed by atoms with Crippen molar-refractivity contribution in [2.45, 2.75) is 64.7 Å². The van der Waals surface area contributed by atoms with Crippen LogP contribution < -0.4 is 0 Å². The lowest BCUT2D eigenvalue weighted by molar-refractivity contribution is -0.142. The minimum atomic E-state index is -0.667. The van der Waals surface area contributed by atoms with Gasteiger partial charge in [-0.25, -0.2) is 0 Å². The van der Waals surface area contributed by atoms with Crippen LogP contribution in [0.2, 0.25) is 0 Å². The SMILES string of the molecule is CCC(CO)(CO)CO.O=C(O)C1CCCC1.O=C(O)C1CCCC1.O=CO. The molecule has 6 N–H and O–H groups in total. The molecule has 28 heavy (non-hydrogen) atoms. The quantitative estimate of drug-likeness (QED) is 0.357. The van der Waals surface area contributed by atoms with Crippen LogP contribution in [-0.2, 0) is 14.4 Å². The summed E-state index contributed by atoms with van der Waals surface area (Å²) in [6.07, 6.45) is 8.62. The topological polar surface area (TPSA) is 173 Å². The molecular weight excluding hydrogens is 372 g/mol. The Labute approximate surface area is 166 Å². The van der Waals surface area contributed by atoms with Gasteiger partial charge in [0.1, 0.15) is 0 Å². The van der Waals surface area contributed by atoms with Gasteiger partial charge >= 0.3 is 11.9 Å². The van der Waals surface area contributed by atoms with E-state index in [-0.39, 0.29) is 38.1 Å². The summed E-state index contributed by atoms with van der Waals surface area (Å²) < 4.78 is 0. The zero-order valence-corrected chi connectivity index (χ0v) is 16.6. The lowest BCUT2D eigenvalue weighted by Crippen LogP contribution is -2.32. The molecule has 0 bridgehead atoms. The number of hydrogen-bond acceptors (Lipinski definition) is 6. The van der Waals surface area contributed by atoms with Crippen LogP contribution in [0.25, 0.3) is 0 Å². The molecule has 2 fully saturated rings. The monoisotopic (exact) mass is 408 g/mol. The maximum Gasteiger partial charge on any atom is 0.306 e. The largest absolute Gasteiger partial charge is 0.483 e. The van der Waals surface area contributed by atoms with Gasteiger partial charge in [-0.3, -0.25) is 14.4 Å². The molecule has 0 radical (unpaired) electrons. The van der Waals surface area contributed by atoms with E-state index in [0.717, 1.165) is 51.4 Å². The fraction of sp³-hybridized carbons (Fsp3) is 0.842. The van der Waals surface area contributed by atoms with Crippen molar-refractivity contribution < 1.29 is 45.0 Å². The van der Waals surface area contributed by atoms with Crippen molar-refractivity contribution in [3.63, 3.8) is 0 Å². The second-order valence-electron chi connectivity index (χ2n) is 7.07. The fourth-order valence-corrected chi connectivity index (χ4v) is 2.83. The molecule has 0 saturated heterocycles. The molecule has 0 amide bonds. The Bertz CT molecular complexity index is 366. The molecule has 9 nitrogen and oxygen atoms in total. The van der Waals surface area contributed by atoms with Crippen molar-refractivity contribution >= 4 is 18.4 Å². The van der Waals surface area contributed by atoms with E-state index in [1.165, 1.54) is 0 Å². The fourth-order valence-electron chi connectivity index (χ4n) is 2.83. The summed E-state index contributed by atoms with van der Waals surface area (Å²) >= 11 is 0. The van der Waals surface area contributed by atoms with Crippen LogP contribution in [-0.4, -0.2) is 68.9 Å². The van der Waals surface area contributed by atoms with Crippen LogP contribution in [0.3, 0.4) is 0 Å². The van der Waals surface area contributed by atoms with Gasteiger partial charge in [0.2, 0.25) is 0 Å². The van der Waals surface area contributed by atoms with Gasteiger partial charge in [-0.2, -0.15) is 0 Å². The number of rotatable bonds is 6. The molecule has 0 atom stereocenters. The number of aliphatic hydroxyl groups excluding tert-OH is 3. The number of carbonyl (C=O) groups is 3. The average molecular weight is 408 g/mol. The second-order valence-corrected chi connectivity index (χ2v) is 7.07. The van der Waals surface area contributed by atoms with E-state index in [2.05, 4.69) is 0 Å². The molecule has 0 unspecified atom stereocenters. The molecule has 2 aliphatic rings. The van der Waals surface area contributed by atoms with Crippen molar-refractivity contribution in [3.05, 3.63) is 0 Å². The minimum absolute atomic E-state index is 0.0185. The van der Waals surface area contributed by atoms with E-state index >= 15 is 0 Å². The number of carboxylic acid groups (broad SMARTS) is 3. The van der Waals surface area contributed by atoms with E-state index in [9.17, 15) is 9.59 Å². The second kappa shape index (κ2) is 17.4. The predicted octanol–water partition coefficient (Wildman–Crippen LogP) is 1.58. The molecule has 0 spiro atoms. The molecule has 0 aromatic carbocycles. The van der Waals surface area contributed by atoms with Gasteiger partial charge in [-0.05, 0) is 32.1 Å². The summed E-state index contributed by atoms with van der Waals surface area (Å²) in [7, 11) is 0. The first-order chi connectivity index (χ1) is 13.3. The highest BCUT2D eigenvalue weighted by Gasteiger charge is 2.25. The Balaban J connectivity index is 0. The first kappa shape index (κ1) is 28.5. The normalized spacial score (nSPS) is 16.6. The molecule has 2 saturated carbocycles. The van der Waals surface area contributed by atoms with Gasteiger partial charge in [-0.1, -0.05) is 32.6 Å². The van der Waals surface area contributed by atoms with Gasteiger partial charge in [0.05, 0.1) is 31.7 Å². The Morgan fingerprint density at radius 3 is 1.14 bits per heavy atom. The summed E-state index contributed by atoms with van der Waals surface area (Å²) in [5.74, 6) is -1.25. The van der Waals surface area contributed by atoms with Crippen LogP contribution in [0, 0.1) is 17.3 Å². The molecule has 9 heteroatoms. The highest BCUT2D eigenvalue weighted by Crippen LogP contribution is 2.24. The predicted molar refractivity (Wildman–Crippen MR) is 102 cm³/mol. The summed E-state index contributed by atoms with van der Waals surface area (Å²) in [6.45, 7) is 1.10. The third-order valence-electron chi connectivity index (χ3n) is 5.17. The van der Waals surface area contributed by atoms with Crippen LogP contribution >= 0.6 is 0 Å². The van der Waals surface area contributed by atoms with Crippen LogP contribution in [0.5, 0.6) is 0 Å². The molecular formula is C19H36O9. The van der Waals surface area contributed by atoms with Crippen molar-refractivity contribution in [2.24, 2.45) is 17.3 Å². The minimum Gasteiger partial charge on any atom is -0.483 e. The van der Waals surface area contributed by atoms with E-state index in [4.69, 9.17) is 35.4 Å². The molecule has 2 aliphatic carbocycles. The van der Waals surface area contributed by atoms with Crippen molar-refractivity contribution in [3.8, 4) is 0 Å². The number of aliphatic carboxylic acids is 2. The maximum atomic E-state index is 10.2. The zero-order valence-electron chi connectivity index (χ0n) is 16.6. The Morgan fingerprint density at radius 2 is 1.07 bits per heavy atom.